The summed E-state index contributed by atoms with van der Waals surface area (Å²) >= 11 is 0. The molecule has 0 aliphatic carbocycles. The summed E-state index contributed by atoms with van der Waals surface area (Å²) < 4.78 is 33.0. The van der Waals surface area contributed by atoms with Crippen molar-refractivity contribution in [2.24, 2.45) is 4.99 Å². The predicted molar refractivity (Wildman–Crippen MR) is 92.3 cm³/mol. The summed E-state index contributed by atoms with van der Waals surface area (Å²) in [4.78, 5) is 8.27. The van der Waals surface area contributed by atoms with Gasteiger partial charge in [-0.25, -0.2) is 13.8 Å². The van der Waals surface area contributed by atoms with Gasteiger partial charge >= 0.3 is 0 Å². The number of aliphatic imine (C=N–C) groups is 1. The highest BCUT2D eigenvalue weighted by Gasteiger charge is 2.17. The van der Waals surface area contributed by atoms with Crippen LogP contribution in [0.25, 0.3) is 0 Å². The summed E-state index contributed by atoms with van der Waals surface area (Å²) in [7, 11) is 0. The molecule has 0 amide bonds. The molecule has 0 unspecified atom stereocenters. The van der Waals surface area contributed by atoms with Crippen LogP contribution in [0, 0.1) is 11.6 Å². The topological polar surface area (TPSA) is 66.7 Å². The monoisotopic (exact) mass is 355 g/mol. The number of aromatic nitrogens is 1. The highest BCUT2D eigenvalue weighted by atomic mass is 19.1. The Morgan fingerprint density at radius 1 is 1.00 bits per heavy atom. The van der Waals surface area contributed by atoms with Gasteiger partial charge in [-0.1, -0.05) is 36.4 Å². The number of benzene rings is 2. The molecular weight excluding hydrogens is 340 g/mol. The number of nitrogens with zero attached hydrogens (tertiary/aromatic N) is 2. The number of hydroxylamine groups is 1. The Morgan fingerprint density at radius 2 is 1.73 bits per heavy atom. The lowest BCUT2D eigenvalue weighted by Gasteiger charge is -2.12. The van der Waals surface area contributed by atoms with Crippen molar-refractivity contribution in [1.82, 2.24) is 10.5 Å². The number of halogens is 2. The van der Waals surface area contributed by atoms with Crippen molar-refractivity contribution in [2.45, 2.75) is 6.54 Å². The summed E-state index contributed by atoms with van der Waals surface area (Å²) in [6.45, 7) is 0.284. The van der Waals surface area contributed by atoms with E-state index in [1.807, 2.05) is 35.8 Å². The maximum Gasteiger partial charge on any atom is 0.230 e. The van der Waals surface area contributed by atoms with Gasteiger partial charge in [0.25, 0.3) is 0 Å². The molecule has 0 saturated heterocycles. The number of rotatable bonds is 5. The number of amidine groups is 1. The molecule has 26 heavy (non-hydrogen) atoms. The first-order valence-electron chi connectivity index (χ1n) is 7.75. The average molecular weight is 355 g/mol. The number of ether oxygens (including phenoxy) is 1. The van der Waals surface area contributed by atoms with Crippen LogP contribution >= 0.6 is 0 Å². The Kier molecular flexibility index (Phi) is 5.50. The van der Waals surface area contributed by atoms with Gasteiger partial charge in [-0.3, -0.25) is 15.7 Å². The lowest BCUT2D eigenvalue weighted by molar-refractivity contribution is 0.234. The van der Waals surface area contributed by atoms with Crippen molar-refractivity contribution in [3.63, 3.8) is 0 Å². The van der Waals surface area contributed by atoms with Crippen LogP contribution in [0.1, 0.15) is 11.1 Å². The van der Waals surface area contributed by atoms with E-state index in [2.05, 4.69) is 9.98 Å². The molecule has 3 aromatic rings. The van der Waals surface area contributed by atoms with E-state index in [-0.39, 0.29) is 23.8 Å². The van der Waals surface area contributed by atoms with Gasteiger partial charge in [0.2, 0.25) is 11.6 Å². The van der Waals surface area contributed by atoms with Crippen LogP contribution in [0.5, 0.6) is 11.6 Å². The zero-order valence-electron chi connectivity index (χ0n) is 13.6. The molecule has 2 aromatic carbocycles. The fourth-order valence-corrected chi connectivity index (χ4v) is 2.26. The largest absolute Gasteiger partial charge is 0.432 e. The number of nitrogens with one attached hydrogen (secondary N) is 1. The van der Waals surface area contributed by atoms with Gasteiger partial charge in [-0.15, -0.1) is 0 Å². The maximum absolute atomic E-state index is 13.8. The van der Waals surface area contributed by atoms with Gasteiger partial charge in [0.1, 0.15) is 0 Å². The molecular formula is C19H15F2N3O2. The van der Waals surface area contributed by atoms with E-state index in [1.54, 1.807) is 12.1 Å². The standard InChI is InChI=1S/C19H15F2N3O2/c20-15-9-4-10-16(21)17(15)26-19-14(8-5-11-22-19)18(24-25)23-12-13-6-2-1-3-7-13/h1-11,25H,12H2,(H,23,24). The van der Waals surface area contributed by atoms with E-state index in [4.69, 9.17) is 4.74 Å². The third-order valence-electron chi connectivity index (χ3n) is 3.51. The molecule has 132 valence electrons. The predicted octanol–water partition coefficient (Wildman–Crippen LogP) is 4.08. The van der Waals surface area contributed by atoms with Crippen LogP contribution < -0.4 is 10.2 Å². The maximum atomic E-state index is 13.8. The minimum Gasteiger partial charge on any atom is -0.432 e. The molecule has 1 heterocycles. The van der Waals surface area contributed by atoms with Gasteiger partial charge in [0.15, 0.2) is 17.5 Å². The second-order valence-corrected chi connectivity index (χ2v) is 5.27. The zero-order chi connectivity index (χ0) is 18.4. The lowest BCUT2D eigenvalue weighted by Crippen LogP contribution is -2.21. The SMILES string of the molecule is ONC(=NCc1ccccc1)c1cccnc1Oc1c(F)cccc1F. The Labute approximate surface area is 148 Å². The van der Waals surface area contributed by atoms with Crippen LogP contribution in [0.15, 0.2) is 71.9 Å². The van der Waals surface area contributed by atoms with E-state index < -0.39 is 17.4 Å². The summed E-state index contributed by atoms with van der Waals surface area (Å²) in [6.07, 6.45) is 1.41. The molecule has 0 atom stereocenters. The fourth-order valence-electron chi connectivity index (χ4n) is 2.26. The van der Waals surface area contributed by atoms with Crippen LogP contribution in [-0.2, 0) is 6.54 Å². The first kappa shape index (κ1) is 17.5. The van der Waals surface area contributed by atoms with Crippen molar-refractivity contribution in [1.29, 1.82) is 0 Å². The normalized spacial score (nSPS) is 11.3. The fraction of sp³-hybridized carbons (Fsp3) is 0.0526. The van der Waals surface area contributed by atoms with E-state index >= 15 is 0 Å². The Hall–Kier alpha value is -3.32. The second-order valence-electron chi connectivity index (χ2n) is 5.27. The first-order chi connectivity index (χ1) is 12.7. The number of hydrogen-bond acceptors (Lipinski definition) is 4. The van der Waals surface area contributed by atoms with E-state index in [0.717, 1.165) is 17.7 Å². The van der Waals surface area contributed by atoms with Crippen LogP contribution in [-0.4, -0.2) is 16.0 Å². The molecule has 7 heteroatoms. The summed E-state index contributed by atoms with van der Waals surface area (Å²) in [6, 6.07) is 15.9. The average Bonchev–Trinajstić information content (AvgIpc) is 2.67. The van der Waals surface area contributed by atoms with Crippen molar-refractivity contribution in [2.75, 3.05) is 0 Å². The van der Waals surface area contributed by atoms with Crippen molar-refractivity contribution in [3.05, 3.63) is 89.6 Å². The third kappa shape index (κ3) is 4.01. The lowest BCUT2D eigenvalue weighted by atomic mass is 10.2. The summed E-state index contributed by atoms with van der Waals surface area (Å²) in [5.41, 5.74) is 3.17. The second kappa shape index (κ2) is 8.17. The van der Waals surface area contributed by atoms with Gasteiger partial charge in [-0.05, 0) is 29.8 Å². The summed E-state index contributed by atoms with van der Waals surface area (Å²) in [5.74, 6) is -2.32. The van der Waals surface area contributed by atoms with Crippen LogP contribution in [0.2, 0.25) is 0 Å². The Bertz CT molecular complexity index is 897. The quantitative estimate of drug-likeness (QED) is 0.411. The number of hydrogen-bond donors (Lipinski definition) is 2. The van der Waals surface area contributed by atoms with Crippen molar-refractivity contribution < 1.29 is 18.7 Å². The van der Waals surface area contributed by atoms with Gasteiger partial charge in [-0.2, -0.15) is 0 Å². The van der Waals surface area contributed by atoms with Gasteiger partial charge in [0, 0.05) is 6.20 Å². The molecule has 0 saturated carbocycles. The molecule has 0 fully saturated rings. The highest BCUT2D eigenvalue weighted by Crippen LogP contribution is 2.28. The Morgan fingerprint density at radius 3 is 2.42 bits per heavy atom. The molecule has 0 bridgehead atoms. The van der Waals surface area contributed by atoms with Crippen LogP contribution in [0.4, 0.5) is 8.78 Å². The first-order valence-corrected chi connectivity index (χ1v) is 7.75. The minimum absolute atomic E-state index is 0.0636. The van der Waals surface area contributed by atoms with Crippen molar-refractivity contribution in [3.8, 4) is 11.6 Å². The van der Waals surface area contributed by atoms with Gasteiger partial charge < -0.3 is 4.74 Å². The smallest absolute Gasteiger partial charge is 0.230 e. The molecule has 0 aliphatic rings. The minimum atomic E-state index is -0.860. The van der Waals surface area contributed by atoms with E-state index in [1.165, 1.54) is 12.3 Å². The molecule has 0 aliphatic heterocycles. The van der Waals surface area contributed by atoms with E-state index in [0.29, 0.717) is 0 Å². The molecule has 0 spiro atoms. The molecule has 1 aromatic heterocycles. The van der Waals surface area contributed by atoms with Crippen LogP contribution in [0.3, 0.4) is 0 Å². The molecule has 0 radical (unpaired) electrons. The number of pyridine rings is 1. The number of para-hydroxylation sites is 1. The Balaban J connectivity index is 1.92. The zero-order valence-corrected chi connectivity index (χ0v) is 13.6. The molecule has 3 rings (SSSR count). The van der Waals surface area contributed by atoms with Gasteiger partial charge in [0.05, 0.1) is 12.1 Å². The highest BCUT2D eigenvalue weighted by molar-refractivity contribution is 6.00. The summed E-state index contributed by atoms with van der Waals surface area (Å²) in [5, 5.41) is 9.44. The van der Waals surface area contributed by atoms with E-state index in [9.17, 15) is 14.0 Å². The molecule has 5 nitrogen and oxygen atoms in total. The molecule has 2 N–H and O–H groups in total. The van der Waals surface area contributed by atoms with Crippen molar-refractivity contribution >= 4 is 5.84 Å². The third-order valence-corrected chi connectivity index (χ3v) is 3.51.